The Bertz CT molecular complexity index is 608. The lowest BCUT2D eigenvalue weighted by Gasteiger charge is -2.39. The summed E-state index contributed by atoms with van der Waals surface area (Å²) in [4.78, 5) is 15.7. The summed E-state index contributed by atoms with van der Waals surface area (Å²) < 4.78 is 0. The van der Waals surface area contributed by atoms with Crippen LogP contribution < -0.4 is 10.2 Å². The molecule has 1 aromatic carbocycles. The number of fused-ring (bicyclic) bond motifs is 1. The van der Waals surface area contributed by atoms with Crippen LogP contribution in [0, 0.1) is 11.3 Å². The number of anilines is 1. The van der Waals surface area contributed by atoms with Crippen molar-refractivity contribution in [2.45, 2.75) is 19.1 Å². The number of nitrogens with zero attached hydrogens (tertiary/aromatic N) is 3. The standard InChI is InChI=1S/C15H18N4O2/c1-10(20)13-3-2-11(7-16)6-14(13)18-4-5-19-12(9-18)8-17-15(19)21/h2-3,6,10,12,20H,4-5,8-9H2,1H3,(H,17,21)/t10-,12?/m1/s1. The average molecular weight is 286 g/mol. The Kier molecular flexibility index (Phi) is 3.43. The van der Waals surface area contributed by atoms with E-state index in [2.05, 4.69) is 16.3 Å². The van der Waals surface area contributed by atoms with Gasteiger partial charge >= 0.3 is 6.03 Å². The van der Waals surface area contributed by atoms with E-state index in [-0.39, 0.29) is 12.1 Å². The largest absolute Gasteiger partial charge is 0.389 e. The second-order valence-corrected chi connectivity index (χ2v) is 5.54. The van der Waals surface area contributed by atoms with Crippen molar-refractivity contribution in [1.29, 1.82) is 5.26 Å². The summed E-state index contributed by atoms with van der Waals surface area (Å²) in [6.07, 6.45) is -0.589. The first-order valence-corrected chi connectivity index (χ1v) is 7.11. The van der Waals surface area contributed by atoms with Gasteiger partial charge in [-0.05, 0) is 19.1 Å². The van der Waals surface area contributed by atoms with Crippen LogP contribution in [0.4, 0.5) is 10.5 Å². The molecular formula is C15H18N4O2. The monoisotopic (exact) mass is 286 g/mol. The molecule has 2 heterocycles. The van der Waals surface area contributed by atoms with Gasteiger partial charge in [-0.3, -0.25) is 0 Å². The van der Waals surface area contributed by atoms with Crippen LogP contribution >= 0.6 is 0 Å². The zero-order chi connectivity index (χ0) is 15.0. The van der Waals surface area contributed by atoms with Crippen LogP contribution in [-0.4, -0.2) is 48.3 Å². The summed E-state index contributed by atoms with van der Waals surface area (Å²) in [5.41, 5.74) is 2.29. The topological polar surface area (TPSA) is 79.6 Å². The van der Waals surface area contributed by atoms with E-state index in [4.69, 9.17) is 5.26 Å². The third-order valence-corrected chi connectivity index (χ3v) is 4.18. The van der Waals surface area contributed by atoms with Gasteiger partial charge in [0.15, 0.2) is 0 Å². The first-order chi connectivity index (χ1) is 10.1. The summed E-state index contributed by atoms with van der Waals surface area (Å²) in [6, 6.07) is 7.65. The highest BCUT2D eigenvalue weighted by Gasteiger charge is 2.36. The van der Waals surface area contributed by atoms with Gasteiger partial charge < -0.3 is 20.2 Å². The number of nitrogens with one attached hydrogen (secondary N) is 1. The van der Waals surface area contributed by atoms with Crippen molar-refractivity contribution >= 4 is 11.7 Å². The van der Waals surface area contributed by atoms with Crippen molar-refractivity contribution < 1.29 is 9.90 Å². The summed E-state index contributed by atoms with van der Waals surface area (Å²) in [7, 11) is 0. The van der Waals surface area contributed by atoms with Crippen molar-refractivity contribution in [2.24, 2.45) is 0 Å². The Labute approximate surface area is 123 Å². The Morgan fingerprint density at radius 3 is 3.00 bits per heavy atom. The fourth-order valence-corrected chi connectivity index (χ4v) is 3.06. The summed E-state index contributed by atoms with van der Waals surface area (Å²) in [5, 5.41) is 21.9. The third kappa shape index (κ3) is 2.41. The second-order valence-electron chi connectivity index (χ2n) is 5.54. The molecule has 0 saturated carbocycles. The van der Waals surface area contributed by atoms with E-state index in [9.17, 15) is 9.90 Å². The van der Waals surface area contributed by atoms with Crippen LogP contribution in [-0.2, 0) is 0 Å². The van der Waals surface area contributed by atoms with Crippen LogP contribution in [0.2, 0.25) is 0 Å². The van der Waals surface area contributed by atoms with E-state index in [0.717, 1.165) is 11.3 Å². The van der Waals surface area contributed by atoms with Crippen molar-refractivity contribution in [2.75, 3.05) is 31.1 Å². The highest BCUT2D eigenvalue weighted by molar-refractivity contribution is 5.77. The van der Waals surface area contributed by atoms with E-state index in [1.54, 1.807) is 13.0 Å². The lowest BCUT2D eigenvalue weighted by Crippen LogP contribution is -2.52. The molecule has 0 aliphatic carbocycles. The van der Waals surface area contributed by atoms with E-state index in [1.165, 1.54) is 0 Å². The number of nitriles is 1. The van der Waals surface area contributed by atoms with Crippen LogP contribution in [0.25, 0.3) is 0 Å². The number of aliphatic hydroxyl groups is 1. The number of benzene rings is 1. The third-order valence-electron chi connectivity index (χ3n) is 4.18. The van der Waals surface area contributed by atoms with E-state index < -0.39 is 6.10 Å². The van der Waals surface area contributed by atoms with Gasteiger partial charge in [0.1, 0.15) is 0 Å². The van der Waals surface area contributed by atoms with Gasteiger partial charge in [-0.2, -0.15) is 5.26 Å². The molecule has 21 heavy (non-hydrogen) atoms. The summed E-state index contributed by atoms with van der Waals surface area (Å²) >= 11 is 0. The van der Waals surface area contributed by atoms with Gasteiger partial charge in [-0.1, -0.05) is 6.07 Å². The Hall–Kier alpha value is -2.26. The Morgan fingerprint density at radius 1 is 1.48 bits per heavy atom. The van der Waals surface area contributed by atoms with Crippen LogP contribution in [0.1, 0.15) is 24.2 Å². The van der Waals surface area contributed by atoms with Crippen molar-refractivity contribution in [3.63, 3.8) is 0 Å². The summed E-state index contributed by atoms with van der Waals surface area (Å²) in [5.74, 6) is 0. The average Bonchev–Trinajstić information content (AvgIpc) is 2.87. The molecule has 6 nitrogen and oxygen atoms in total. The van der Waals surface area contributed by atoms with E-state index in [1.807, 2.05) is 17.0 Å². The highest BCUT2D eigenvalue weighted by Crippen LogP contribution is 2.30. The lowest BCUT2D eigenvalue weighted by molar-refractivity contribution is 0.193. The first kappa shape index (κ1) is 13.7. The van der Waals surface area contributed by atoms with Crippen molar-refractivity contribution in [3.05, 3.63) is 29.3 Å². The second kappa shape index (κ2) is 5.26. The molecule has 2 aliphatic rings. The Morgan fingerprint density at radius 2 is 2.29 bits per heavy atom. The minimum atomic E-state index is -0.589. The molecule has 0 spiro atoms. The quantitative estimate of drug-likeness (QED) is 0.844. The van der Waals surface area contributed by atoms with Crippen LogP contribution in [0.3, 0.4) is 0 Å². The van der Waals surface area contributed by atoms with Crippen LogP contribution in [0.15, 0.2) is 18.2 Å². The van der Waals surface area contributed by atoms with Gasteiger partial charge in [0, 0.05) is 37.4 Å². The van der Waals surface area contributed by atoms with Gasteiger partial charge in [-0.15, -0.1) is 0 Å². The van der Waals surface area contributed by atoms with Gasteiger partial charge in [-0.25, -0.2) is 4.79 Å². The maximum absolute atomic E-state index is 11.6. The Balaban J connectivity index is 1.90. The fourth-order valence-electron chi connectivity index (χ4n) is 3.06. The van der Waals surface area contributed by atoms with E-state index >= 15 is 0 Å². The lowest BCUT2D eigenvalue weighted by atomic mass is 10.0. The number of amides is 2. The predicted molar refractivity (Wildman–Crippen MR) is 77.9 cm³/mol. The molecule has 1 aromatic rings. The SMILES string of the molecule is C[C@@H](O)c1ccc(C#N)cc1N1CCN2C(=O)NCC2C1. The molecule has 1 unspecified atom stereocenters. The molecule has 110 valence electrons. The predicted octanol–water partition coefficient (Wildman–Crippen LogP) is 0.825. The molecule has 2 fully saturated rings. The van der Waals surface area contributed by atoms with Gasteiger partial charge in [0.2, 0.25) is 0 Å². The molecule has 2 aliphatic heterocycles. The number of hydrogen-bond acceptors (Lipinski definition) is 4. The number of rotatable bonds is 2. The molecule has 2 N–H and O–H groups in total. The molecule has 2 saturated heterocycles. The molecule has 0 radical (unpaired) electrons. The number of piperazine rings is 1. The molecule has 0 aromatic heterocycles. The smallest absolute Gasteiger partial charge is 0.317 e. The number of hydrogen-bond donors (Lipinski definition) is 2. The zero-order valence-electron chi connectivity index (χ0n) is 11.9. The molecule has 2 amide bonds. The fraction of sp³-hybridized carbons (Fsp3) is 0.467. The molecule has 2 atom stereocenters. The highest BCUT2D eigenvalue weighted by atomic mass is 16.3. The van der Waals surface area contributed by atoms with Crippen molar-refractivity contribution in [1.82, 2.24) is 10.2 Å². The summed E-state index contributed by atoms with van der Waals surface area (Å²) in [6.45, 7) is 4.46. The minimum absolute atomic E-state index is 0.00109. The molecular weight excluding hydrogens is 268 g/mol. The maximum Gasteiger partial charge on any atom is 0.317 e. The molecule has 0 bridgehead atoms. The maximum atomic E-state index is 11.6. The number of carbonyl (C=O) groups excluding carboxylic acids is 1. The first-order valence-electron chi connectivity index (χ1n) is 7.11. The number of carbonyl (C=O) groups is 1. The number of aliphatic hydroxyl groups excluding tert-OH is 1. The minimum Gasteiger partial charge on any atom is -0.389 e. The molecule has 6 heteroatoms. The van der Waals surface area contributed by atoms with Gasteiger partial charge in [0.25, 0.3) is 0 Å². The molecule has 3 rings (SSSR count). The number of urea groups is 1. The van der Waals surface area contributed by atoms with Gasteiger partial charge in [0.05, 0.1) is 23.8 Å². The van der Waals surface area contributed by atoms with E-state index in [0.29, 0.717) is 31.7 Å². The zero-order valence-corrected chi connectivity index (χ0v) is 11.9. The van der Waals surface area contributed by atoms with Crippen LogP contribution in [0.5, 0.6) is 0 Å². The van der Waals surface area contributed by atoms with Crippen molar-refractivity contribution in [3.8, 4) is 6.07 Å². The normalized spacial score (nSPS) is 22.5.